The van der Waals surface area contributed by atoms with Gasteiger partial charge < -0.3 is 15.0 Å². The monoisotopic (exact) mass is 402 g/mol. The Balaban J connectivity index is 1.85. The summed E-state index contributed by atoms with van der Waals surface area (Å²) in [4.78, 5) is 22.5. The number of anilines is 1. The average Bonchev–Trinajstić information content (AvgIpc) is 3.02. The fourth-order valence-electron chi connectivity index (χ4n) is 3.36. The van der Waals surface area contributed by atoms with Gasteiger partial charge in [-0.1, -0.05) is 62.2 Å². The number of hydrogen-bond donors (Lipinski definition) is 1. The van der Waals surface area contributed by atoms with Gasteiger partial charge in [0.15, 0.2) is 5.65 Å². The number of carbonyl (C=O) groups excluding carboxylic acids is 1. The van der Waals surface area contributed by atoms with Crippen molar-refractivity contribution in [2.24, 2.45) is 5.92 Å². The first-order valence-corrected chi connectivity index (χ1v) is 10.2. The molecule has 0 aliphatic carbocycles. The van der Waals surface area contributed by atoms with Gasteiger partial charge in [-0.05, 0) is 30.5 Å². The maximum absolute atomic E-state index is 13.0. The Morgan fingerprint density at radius 3 is 2.43 bits per heavy atom. The molecule has 0 fully saturated rings. The summed E-state index contributed by atoms with van der Waals surface area (Å²) >= 11 is 0. The van der Waals surface area contributed by atoms with Gasteiger partial charge in [-0.25, -0.2) is 14.8 Å². The number of fused-ring (bicyclic) bond motifs is 2. The number of hydrogen-bond acceptors (Lipinski definition) is 5. The number of aromatic nitrogens is 3. The van der Waals surface area contributed by atoms with Crippen LogP contribution in [0.4, 0.5) is 5.82 Å². The first-order valence-electron chi connectivity index (χ1n) is 10.2. The fraction of sp³-hybridized carbons (Fsp3) is 0.292. The van der Waals surface area contributed by atoms with Crippen LogP contribution in [0.1, 0.15) is 41.8 Å². The van der Waals surface area contributed by atoms with Crippen LogP contribution < -0.4 is 5.73 Å². The summed E-state index contributed by atoms with van der Waals surface area (Å²) < 4.78 is 7.41. The molecule has 0 radical (unpaired) electrons. The number of aryl methyl sites for hydroxylation is 1. The first kappa shape index (κ1) is 19.9. The molecular formula is C24H26N4O2. The predicted molar refractivity (Wildman–Crippen MR) is 119 cm³/mol. The van der Waals surface area contributed by atoms with Gasteiger partial charge in [-0.2, -0.15) is 0 Å². The number of rotatable bonds is 6. The van der Waals surface area contributed by atoms with Crippen LogP contribution in [-0.4, -0.2) is 27.1 Å². The molecule has 0 aliphatic heterocycles. The highest BCUT2D eigenvalue weighted by Gasteiger charge is 2.25. The molecular weight excluding hydrogens is 376 g/mol. The minimum atomic E-state index is -0.454. The Kier molecular flexibility index (Phi) is 5.40. The van der Waals surface area contributed by atoms with Crippen molar-refractivity contribution in [2.45, 2.75) is 33.7 Å². The normalized spacial score (nSPS) is 12.4. The molecule has 4 rings (SSSR count). The molecule has 1 atom stereocenters. The zero-order valence-electron chi connectivity index (χ0n) is 17.6. The van der Waals surface area contributed by atoms with Gasteiger partial charge in [-0.15, -0.1) is 0 Å². The molecule has 0 amide bonds. The standard InChI is InChI=1S/C24H26N4O2/c1-4-15(2)14-30-24(29)20-21-23(27-19-8-6-5-7-18(19)26-21)28(22(20)25)13-17-11-9-16(3)10-12-17/h5-12,15H,4,13-14,25H2,1-3H3. The van der Waals surface area contributed by atoms with Crippen LogP contribution in [-0.2, 0) is 11.3 Å². The van der Waals surface area contributed by atoms with E-state index in [-0.39, 0.29) is 5.92 Å². The van der Waals surface area contributed by atoms with E-state index in [0.29, 0.717) is 41.2 Å². The quantitative estimate of drug-likeness (QED) is 0.472. The molecule has 2 heterocycles. The smallest absolute Gasteiger partial charge is 0.344 e. The van der Waals surface area contributed by atoms with E-state index in [1.807, 2.05) is 42.7 Å². The largest absolute Gasteiger partial charge is 0.462 e. The summed E-state index contributed by atoms with van der Waals surface area (Å²) in [5.41, 5.74) is 11.6. The summed E-state index contributed by atoms with van der Waals surface area (Å²) in [7, 11) is 0. The molecule has 6 heteroatoms. The van der Waals surface area contributed by atoms with Crippen molar-refractivity contribution in [1.29, 1.82) is 0 Å². The maximum Gasteiger partial charge on any atom is 0.344 e. The van der Waals surface area contributed by atoms with Crippen molar-refractivity contribution < 1.29 is 9.53 Å². The van der Waals surface area contributed by atoms with E-state index in [0.717, 1.165) is 17.5 Å². The van der Waals surface area contributed by atoms with Crippen LogP contribution in [0.2, 0.25) is 0 Å². The van der Waals surface area contributed by atoms with Crippen molar-refractivity contribution in [3.05, 3.63) is 65.2 Å². The Hall–Kier alpha value is -3.41. The van der Waals surface area contributed by atoms with Crippen molar-refractivity contribution in [3.63, 3.8) is 0 Å². The van der Waals surface area contributed by atoms with Crippen molar-refractivity contribution in [3.8, 4) is 0 Å². The minimum absolute atomic E-state index is 0.281. The molecule has 2 aromatic carbocycles. The lowest BCUT2D eigenvalue weighted by Crippen LogP contribution is -2.14. The van der Waals surface area contributed by atoms with Gasteiger partial charge in [0.05, 0.1) is 24.2 Å². The highest BCUT2D eigenvalue weighted by atomic mass is 16.5. The summed E-state index contributed by atoms with van der Waals surface area (Å²) in [6.07, 6.45) is 0.933. The Labute approximate surface area is 175 Å². The fourth-order valence-corrected chi connectivity index (χ4v) is 3.36. The molecule has 0 aliphatic rings. The van der Waals surface area contributed by atoms with E-state index in [9.17, 15) is 4.79 Å². The van der Waals surface area contributed by atoms with Crippen LogP contribution in [0, 0.1) is 12.8 Å². The number of nitrogens with two attached hydrogens (primary N) is 1. The SMILES string of the molecule is CCC(C)COC(=O)c1c(N)n(Cc2ccc(C)cc2)c2nc3ccccc3nc12. The van der Waals surface area contributed by atoms with Crippen molar-refractivity contribution in [2.75, 3.05) is 12.3 Å². The molecule has 30 heavy (non-hydrogen) atoms. The lowest BCUT2D eigenvalue weighted by molar-refractivity contribution is 0.0450. The number of ether oxygens (including phenoxy) is 1. The summed E-state index contributed by atoms with van der Waals surface area (Å²) in [5.74, 6) is 0.156. The molecule has 6 nitrogen and oxygen atoms in total. The Bertz CT molecular complexity index is 1210. The van der Waals surface area contributed by atoms with Gasteiger partial charge in [0, 0.05) is 0 Å². The molecule has 154 valence electrons. The van der Waals surface area contributed by atoms with Crippen LogP contribution in [0.25, 0.3) is 22.2 Å². The topological polar surface area (TPSA) is 83.0 Å². The van der Waals surface area contributed by atoms with E-state index in [4.69, 9.17) is 20.4 Å². The van der Waals surface area contributed by atoms with Crippen LogP contribution >= 0.6 is 0 Å². The molecule has 2 N–H and O–H groups in total. The zero-order chi connectivity index (χ0) is 21.3. The summed E-state index contributed by atoms with van der Waals surface area (Å²) in [6, 6.07) is 15.8. The molecule has 0 saturated heterocycles. The second-order valence-electron chi connectivity index (χ2n) is 7.83. The van der Waals surface area contributed by atoms with Gasteiger partial charge in [0.1, 0.15) is 16.9 Å². The zero-order valence-corrected chi connectivity index (χ0v) is 17.6. The van der Waals surface area contributed by atoms with Crippen LogP contribution in [0.15, 0.2) is 48.5 Å². The third-order valence-electron chi connectivity index (χ3n) is 5.45. The number of benzene rings is 2. The lowest BCUT2D eigenvalue weighted by Gasteiger charge is -2.10. The maximum atomic E-state index is 13.0. The van der Waals surface area contributed by atoms with E-state index < -0.39 is 5.97 Å². The summed E-state index contributed by atoms with van der Waals surface area (Å²) in [6.45, 7) is 7.00. The van der Waals surface area contributed by atoms with Crippen LogP contribution in [0.3, 0.4) is 0 Å². The third kappa shape index (κ3) is 3.73. The average molecular weight is 402 g/mol. The van der Waals surface area contributed by atoms with Crippen molar-refractivity contribution in [1.82, 2.24) is 14.5 Å². The van der Waals surface area contributed by atoms with Gasteiger partial charge >= 0.3 is 5.97 Å². The highest BCUT2D eigenvalue weighted by molar-refractivity contribution is 6.08. The van der Waals surface area contributed by atoms with Gasteiger partial charge in [0.25, 0.3) is 0 Å². The molecule has 0 saturated carbocycles. The predicted octanol–water partition coefficient (Wildman–Crippen LogP) is 4.73. The minimum Gasteiger partial charge on any atom is -0.462 e. The summed E-state index contributed by atoms with van der Waals surface area (Å²) in [5, 5.41) is 0. The van der Waals surface area contributed by atoms with Gasteiger partial charge in [0.2, 0.25) is 0 Å². The van der Waals surface area contributed by atoms with E-state index in [1.54, 1.807) is 0 Å². The van der Waals surface area contributed by atoms with E-state index in [1.165, 1.54) is 5.56 Å². The molecule has 1 unspecified atom stereocenters. The molecule has 0 spiro atoms. The number of nitrogen functional groups attached to an aromatic ring is 1. The molecule has 4 aromatic rings. The van der Waals surface area contributed by atoms with Gasteiger partial charge in [-0.3, -0.25) is 0 Å². The first-order chi connectivity index (χ1) is 14.5. The number of nitrogens with zero attached hydrogens (tertiary/aromatic N) is 3. The number of para-hydroxylation sites is 2. The highest BCUT2D eigenvalue weighted by Crippen LogP contribution is 2.29. The molecule has 0 bridgehead atoms. The Morgan fingerprint density at radius 1 is 1.10 bits per heavy atom. The van der Waals surface area contributed by atoms with Crippen molar-refractivity contribution >= 4 is 34.0 Å². The van der Waals surface area contributed by atoms with E-state index in [2.05, 4.69) is 31.2 Å². The van der Waals surface area contributed by atoms with Crippen LogP contribution in [0.5, 0.6) is 0 Å². The third-order valence-corrected chi connectivity index (χ3v) is 5.45. The Morgan fingerprint density at radius 2 is 1.77 bits per heavy atom. The van der Waals surface area contributed by atoms with E-state index >= 15 is 0 Å². The number of esters is 1. The molecule has 2 aromatic heterocycles. The lowest BCUT2D eigenvalue weighted by atomic mass is 10.1. The number of carbonyl (C=O) groups is 1. The second-order valence-corrected chi connectivity index (χ2v) is 7.83. The second kappa shape index (κ2) is 8.14.